The van der Waals surface area contributed by atoms with E-state index >= 15 is 0 Å². The van der Waals surface area contributed by atoms with Gasteiger partial charge in [0.05, 0.1) is 25.9 Å². The third kappa shape index (κ3) is 3.97. The van der Waals surface area contributed by atoms with Gasteiger partial charge in [0, 0.05) is 16.6 Å². The van der Waals surface area contributed by atoms with Gasteiger partial charge in [-0.25, -0.2) is 4.98 Å². The average Bonchev–Trinajstić information content (AvgIpc) is 3.25. The van der Waals surface area contributed by atoms with Crippen LogP contribution in [0.4, 0.5) is 5.69 Å². The Morgan fingerprint density at radius 2 is 1.81 bits per heavy atom. The number of fused-ring (bicyclic) bond motifs is 1. The van der Waals surface area contributed by atoms with Crippen LogP contribution in [0.5, 0.6) is 11.5 Å². The fraction of sp³-hybridized carbons (Fsp3) is 0.208. The Bertz CT molecular complexity index is 1340. The van der Waals surface area contributed by atoms with E-state index in [1.807, 2.05) is 48.7 Å². The lowest BCUT2D eigenvalue weighted by Gasteiger charge is -2.15. The molecule has 0 aliphatic heterocycles. The maximum atomic E-state index is 13.4. The minimum atomic E-state index is -0.737. The summed E-state index contributed by atoms with van der Waals surface area (Å²) in [5.41, 5.74) is 3.05. The van der Waals surface area contributed by atoms with Crippen molar-refractivity contribution in [1.29, 1.82) is 0 Å². The highest BCUT2D eigenvalue weighted by molar-refractivity contribution is 7.17. The van der Waals surface area contributed by atoms with Gasteiger partial charge in [-0.05, 0) is 43.7 Å². The molecule has 4 rings (SSSR count). The number of ether oxygens (including phenoxy) is 2. The number of hydrogen-bond donors (Lipinski definition) is 1. The second-order valence-electron chi connectivity index (χ2n) is 7.39. The highest BCUT2D eigenvalue weighted by atomic mass is 32.1. The van der Waals surface area contributed by atoms with Gasteiger partial charge in [-0.2, -0.15) is 0 Å². The highest BCUT2D eigenvalue weighted by Gasteiger charge is 2.21. The van der Waals surface area contributed by atoms with Gasteiger partial charge in [0.25, 0.3) is 5.56 Å². The molecule has 0 aliphatic rings. The number of nitrogens with zero attached hydrogens (tertiary/aromatic N) is 2. The van der Waals surface area contributed by atoms with E-state index < -0.39 is 6.04 Å². The third-order valence-electron chi connectivity index (χ3n) is 5.33. The molecule has 0 saturated carbocycles. The standard InChI is InChI=1S/C24H23N3O4S/c1-14-5-8-17(9-6-14)26-22(28)15(2)27-13-25-23-21(24(27)29)18(12-32-23)16-7-10-19(30-3)20(11-16)31-4/h5-13,15H,1-4H3,(H,26,28)/t15-/m1/s1. The van der Waals surface area contributed by atoms with Crippen molar-refractivity contribution >= 4 is 33.1 Å². The van der Waals surface area contributed by atoms with Gasteiger partial charge in [-0.3, -0.25) is 14.2 Å². The van der Waals surface area contributed by atoms with Crippen LogP contribution in [-0.2, 0) is 4.79 Å². The largest absolute Gasteiger partial charge is 0.493 e. The zero-order chi connectivity index (χ0) is 22.8. The van der Waals surface area contributed by atoms with Crippen molar-refractivity contribution in [2.24, 2.45) is 0 Å². The second-order valence-corrected chi connectivity index (χ2v) is 8.25. The van der Waals surface area contributed by atoms with Crippen LogP contribution in [0.2, 0.25) is 0 Å². The minimum Gasteiger partial charge on any atom is -0.493 e. The van der Waals surface area contributed by atoms with E-state index in [1.54, 1.807) is 27.2 Å². The first-order valence-corrected chi connectivity index (χ1v) is 10.9. The number of nitrogens with one attached hydrogen (secondary N) is 1. The first-order chi connectivity index (χ1) is 15.4. The van der Waals surface area contributed by atoms with Crippen molar-refractivity contribution in [3.05, 3.63) is 70.1 Å². The van der Waals surface area contributed by atoms with Crippen molar-refractivity contribution < 1.29 is 14.3 Å². The number of aromatic nitrogens is 2. The molecule has 1 amide bonds. The zero-order valence-electron chi connectivity index (χ0n) is 18.2. The number of amides is 1. The molecule has 0 saturated heterocycles. The van der Waals surface area contributed by atoms with Crippen LogP contribution in [0.25, 0.3) is 21.3 Å². The van der Waals surface area contributed by atoms with Crippen LogP contribution in [0.3, 0.4) is 0 Å². The Labute approximate surface area is 189 Å². The minimum absolute atomic E-state index is 0.271. The lowest BCUT2D eigenvalue weighted by molar-refractivity contribution is -0.118. The lowest BCUT2D eigenvalue weighted by atomic mass is 10.1. The van der Waals surface area contributed by atoms with E-state index in [2.05, 4.69) is 10.3 Å². The summed E-state index contributed by atoms with van der Waals surface area (Å²) in [6.07, 6.45) is 1.43. The summed E-state index contributed by atoms with van der Waals surface area (Å²) >= 11 is 1.38. The van der Waals surface area contributed by atoms with Gasteiger partial charge in [0.15, 0.2) is 11.5 Å². The first-order valence-electron chi connectivity index (χ1n) is 10.0. The Hall–Kier alpha value is -3.65. The molecule has 0 bridgehead atoms. The number of benzene rings is 2. The maximum absolute atomic E-state index is 13.4. The monoisotopic (exact) mass is 449 g/mol. The Morgan fingerprint density at radius 1 is 1.09 bits per heavy atom. The number of carbonyl (C=O) groups excluding carboxylic acids is 1. The maximum Gasteiger partial charge on any atom is 0.263 e. The zero-order valence-corrected chi connectivity index (χ0v) is 19.0. The molecule has 2 aromatic heterocycles. The van der Waals surface area contributed by atoms with Crippen LogP contribution < -0.4 is 20.3 Å². The number of rotatable bonds is 6. The van der Waals surface area contributed by atoms with Crippen LogP contribution in [0.1, 0.15) is 18.5 Å². The molecule has 0 radical (unpaired) electrons. The Balaban J connectivity index is 1.72. The van der Waals surface area contributed by atoms with E-state index in [4.69, 9.17) is 9.47 Å². The van der Waals surface area contributed by atoms with E-state index in [0.29, 0.717) is 27.4 Å². The second kappa shape index (κ2) is 8.84. The summed E-state index contributed by atoms with van der Waals surface area (Å²) in [6, 6.07) is 12.2. The summed E-state index contributed by atoms with van der Waals surface area (Å²) < 4.78 is 12.1. The van der Waals surface area contributed by atoms with Gasteiger partial charge in [0.2, 0.25) is 5.91 Å². The molecule has 32 heavy (non-hydrogen) atoms. The highest BCUT2D eigenvalue weighted by Crippen LogP contribution is 2.36. The molecule has 2 aromatic carbocycles. The lowest BCUT2D eigenvalue weighted by Crippen LogP contribution is -2.31. The number of methoxy groups -OCH3 is 2. The van der Waals surface area contributed by atoms with Gasteiger partial charge >= 0.3 is 0 Å². The molecule has 164 valence electrons. The number of thiophene rings is 1. The number of carbonyl (C=O) groups is 1. The van der Waals surface area contributed by atoms with E-state index in [-0.39, 0.29) is 11.5 Å². The van der Waals surface area contributed by atoms with E-state index in [1.165, 1.54) is 22.2 Å². The van der Waals surface area contributed by atoms with Crippen LogP contribution in [-0.4, -0.2) is 29.7 Å². The van der Waals surface area contributed by atoms with Gasteiger partial charge in [-0.1, -0.05) is 23.8 Å². The van der Waals surface area contributed by atoms with Gasteiger partial charge in [0.1, 0.15) is 10.9 Å². The molecule has 1 atom stereocenters. The van der Waals surface area contributed by atoms with E-state index in [9.17, 15) is 9.59 Å². The molecule has 0 fully saturated rings. The average molecular weight is 450 g/mol. The van der Waals surface area contributed by atoms with Crippen molar-refractivity contribution in [1.82, 2.24) is 9.55 Å². The predicted molar refractivity (Wildman–Crippen MR) is 127 cm³/mol. The topological polar surface area (TPSA) is 82.5 Å². The third-order valence-corrected chi connectivity index (χ3v) is 6.22. The fourth-order valence-corrected chi connectivity index (χ4v) is 4.35. The van der Waals surface area contributed by atoms with Crippen molar-refractivity contribution in [3.63, 3.8) is 0 Å². The van der Waals surface area contributed by atoms with E-state index in [0.717, 1.165) is 16.7 Å². The van der Waals surface area contributed by atoms with Gasteiger partial charge < -0.3 is 14.8 Å². The fourth-order valence-electron chi connectivity index (χ4n) is 3.45. The van der Waals surface area contributed by atoms with Crippen LogP contribution >= 0.6 is 11.3 Å². The quantitative estimate of drug-likeness (QED) is 0.463. The molecular formula is C24H23N3O4S. The summed E-state index contributed by atoms with van der Waals surface area (Å²) in [4.78, 5) is 31.3. The molecule has 7 nitrogen and oxygen atoms in total. The van der Waals surface area contributed by atoms with Crippen molar-refractivity contribution in [2.75, 3.05) is 19.5 Å². The number of anilines is 1. The summed E-state index contributed by atoms with van der Waals surface area (Å²) in [5, 5.41) is 5.22. The summed E-state index contributed by atoms with van der Waals surface area (Å²) in [5.74, 6) is 0.882. The molecular weight excluding hydrogens is 426 g/mol. The molecule has 2 heterocycles. The smallest absolute Gasteiger partial charge is 0.263 e. The van der Waals surface area contributed by atoms with Crippen LogP contribution in [0.15, 0.2) is 59.0 Å². The van der Waals surface area contributed by atoms with Crippen molar-refractivity contribution in [3.8, 4) is 22.6 Å². The molecule has 8 heteroatoms. The number of hydrogen-bond acceptors (Lipinski definition) is 6. The molecule has 4 aromatic rings. The first kappa shape index (κ1) is 21.6. The van der Waals surface area contributed by atoms with Crippen LogP contribution in [0, 0.1) is 6.92 Å². The Morgan fingerprint density at radius 3 is 2.50 bits per heavy atom. The predicted octanol–water partition coefficient (Wildman–Crippen LogP) is 4.65. The normalized spacial score (nSPS) is 11.9. The molecule has 1 N–H and O–H groups in total. The summed E-state index contributed by atoms with van der Waals surface area (Å²) in [6.45, 7) is 3.66. The van der Waals surface area contributed by atoms with Gasteiger partial charge in [-0.15, -0.1) is 11.3 Å². The molecule has 0 unspecified atom stereocenters. The SMILES string of the molecule is COc1ccc(-c2csc3ncn([C@H](C)C(=O)Nc4ccc(C)cc4)c(=O)c23)cc1OC. The molecule has 0 spiro atoms. The molecule has 0 aliphatic carbocycles. The Kier molecular flexibility index (Phi) is 5.96. The number of aryl methyl sites for hydroxylation is 1. The van der Waals surface area contributed by atoms with Crippen molar-refractivity contribution in [2.45, 2.75) is 19.9 Å². The summed E-state index contributed by atoms with van der Waals surface area (Å²) in [7, 11) is 3.14.